The van der Waals surface area contributed by atoms with Gasteiger partial charge in [-0.15, -0.1) is 0 Å². The van der Waals surface area contributed by atoms with Crippen LogP contribution < -0.4 is 5.32 Å². The van der Waals surface area contributed by atoms with Crippen molar-refractivity contribution in [2.75, 3.05) is 5.32 Å². The summed E-state index contributed by atoms with van der Waals surface area (Å²) in [5, 5.41) is 3.39. The number of aryl methyl sites for hydroxylation is 1. The second kappa shape index (κ2) is 5.52. The van der Waals surface area contributed by atoms with E-state index in [1.807, 2.05) is 19.1 Å². The van der Waals surface area contributed by atoms with Crippen LogP contribution in [0.1, 0.15) is 52.0 Å². The zero-order valence-corrected chi connectivity index (χ0v) is 12.6. The number of nitrogens with one attached hydrogen (secondary N) is 1. The monoisotopic (exact) mass is 263 g/mol. The molecule has 1 N–H and O–H groups in total. The Kier molecular flexibility index (Phi) is 4.17. The van der Waals surface area contributed by atoms with E-state index in [1.165, 1.54) is 12.8 Å². The minimum absolute atomic E-state index is 0.136. The molecule has 2 heteroatoms. The molecule has 0 aromatic heterocycles. The van der Waals surface area contributed by atoms with E-state index in [9.17, 15) is 4.39 Å². The third-order valence-corrected chi connectivity index (χ3v) is 4.43. The van der Waals surface area contributed by atoms with Gasteiger partial charge < -0.3 is 5.32 Å². The first-order valence-corrected chi connectivity index (χ1v) is 7.39. The van der Waals surface area contributed by atoms with Crippen molar-refractivity contribution in [3.8, 4) is 0 Å². The van der Waals surface area contributed by atoms with E-state index < -0.39 is 0 Å². The summed E-state index contributed by atoms with van der Waals surface area (Å²) in [6.07, 6.45) is 4.79. The highest BCUT2D eigenvalue weighted by Crippen LogP contribution is 2.38. The highest BCUT2D eigenvalue weighted by molar-refractivity contribution is 5.47. The zero-order chi connectivity index (χ0) is 14.0. The minimum Gasteiger partial charge on any atom is -0.380 e. The van der Waals surface area contributed by atoms with Gasteiger partial charge in [-0.3, -0.25) is 0 Å². The maximum atomic E-state index is 13.7. The van der Waals surface area contributed by atoms with Gasteiger partial charge in [0, 0.05) is 6.04 Å². The maximum Gasteiger partial charge on any atom is 0.146 e. The molecule has 0 spiro atoms. The molecule has 0 saturated heterocycles. The second-order valence-corrected chi connectivity index (χ2v) is 7.04. The average molecular weight is 263 g/mol. The van der Waals surface area contributed by atoms with Crippen molar-refractivity contribution in [2.45, 2.75) is 59.4 Å². The molecule has 1 fully saturated rings. The SMILES string of the molecule is Cc1ccc(F)c(NC2CCC(C(C)(C)C)CC2)c1. The molecule has 1 nitrogen and oxygen atoms in total. The predicted octanol–water partition coefficient (Wildman–Crippen LogP) is 5.15. The van der Waals surface area contributed by atoms with Crippen molar-refractivity contribution < 1.29 is 4.39 Å². The zero-order valence-electron chi connectivity index (χ0n) is 12.6. The third kappa shape index (κ3) is 3.71. The molecule has 1 aliphatic rings. The molecule has 0 aliphatic heterocycles. The van der Waals surface area contributed by atoms with Gasteiger partial charge in [0.1, 0.15) is 5.82 Å². The minimum atomic E-state index is -0.136. The summed E-state index contributed by atoms with van der Waals surface area (Å²) in [4.78, 5) is 0. The lowest BCUT2D eigenvalue weighted by atomic mass is 9.71. The lowest BCUT2D eigenvalue weighted by Gasteiger charge is -2.37. The van der Waals surface area contributed by atoms with Gasteiger partial charge in [0.15, 0.2) is 0 Å². The molecule has 0 unspecified atom stereocenters. The van der Waals surface area contributed by atoms with Crippen LogP contribution in [0.3, 0.4) is 0 Å². The number of halogens is 1. The van der Waals surface area contributed by atoms with Crippen LogP contribution in [0, 0.1) is 24.1 Å². The lowest BCUT2D eigenvalue weighted by molar-refractivity contribution is 0.173. The smallest absolute Gasteiger partial charge is 0.146 e. The van der Waals surface area contributed by atoms with Crippen LogP contribution in [0.5, 0.6) is 0 Å². The van der Waals surface area contributed by atoms with Gasteiger partial charge >= 0.3 is 0 Å². The highest BCUT2D eigenvalue weighted by atomic mass is 19.1. The van der Waals surface area contributed by atoms with Gasteiger partial charge in [-0.25, -0.2) is 4.39 Å². The maximum absolute atomic E-state index is 13.7. The van der Waals surface area contributed by atoms with Crippen molar-refractivity contribution >= 4 is 5.69 Å². The van der Waals surface area contributed by atoms with Gasteiger partial charge in [-0.05, 0) is 61.6 Å². The highest BCUT2D eigenvalue weighted by Gasteiger charge is 2.29. The summed E-state index contributed by atoms with van der Waals surface area (Å²) in [5.41, 5.74) is 2.17. The summed E-state index contributed by atoms with van der Waals surface area (Å²) < 4.78 is 13.7. The van der Waals surface area contributed by atoms with Crippen LogP contribution in [-0.4, -0.2) is 6.04 Å². The van der Waals surface area contributed by atoms with Gasteiger partial charge in [0.05, 0.1) is 5.69 Å². The van der Waals surface area contributed by atoms with Crippen LogP contribution in [0.2, 0.25) is 0 Å². The van der Waals surface area contributed by atoms with Crippen LogP contribution in [0.4, 0.5) is 10.1 Å². The second-order valence-electron chi connectivity index (χ2n) is 7.04. The van der Waals surface area contributed by atoms with Crippen LogP contribution in [0.15, 0.2) is 18.2 Å². The number of rotatable bonds is 2. The Labute approximate surface area is 116 Å². The Balaban J connectivity index is 1.94. The molecule has 0 atom stereocenters. The molecule has 19 heavy (non-hydrogen) atoms. The fourth-order valence-electron chi connectivity index (χ4n) is 3.07. The van der Waals surface area contributed by atoms with Crippen molar-refractivity contribution in [1.29, 1.82) is 0 Å². The molecule has 1 aromatic rings. The fraction of sp³-hybridized carbons (Fsp3) is 0.647. The number of benzene rings is 1. The molecule has 0 radical (unpaired) electrons. The van der Waals surface area contributed by atoms with Gasteiger partial charge in [0.2, 0.25) is 0 Å². The van der Waals surface area contributed by atoms with E-state index in [1.54, 1.807) is 6.07 Å². The molecular formula is C17H26FN. The van der Waals surface area contributed by atoms with E-state index in [2.05, 4.69) is 26.1 Å². The van der Waals surface area contributed by atoms with E-state index in [-0.39, 0.29) is 5.82 Å². The molecule has 1 aliphatic carbocycles. The van der Waals surface area contributed by atoms with Gasteiger partial charge in [-0.1, -0.05) is 26.8 Å². The average Bonchev–Trinajstić information content (AvgIpc) is 2.33. The standard InChI is InChI=1S/C17H26FN/c1-12-5-10-15(18)16(11-12)19-14-8-6-13(7-9-14)17(2,3)4/h5,10-11,13-14,19H,6-9H2,1-4H3. The summed E-state index contributed by atoms with van der Waals surface area (Å²) in [6.45, 7) is 8.98. The first-order chi connectivity index (χ1) is 8.86. The molecule has 0 heterocycles. The molecule has 1 aromatic carbocycles. The Bertz CT molecular complexity index is 425. The predicted molar refractivity (Wildman–Crippen MR) is 80.0 cm³/mol. The number of anilines is 1. The van der Waals surface area contributed by atoms with Crippen molar-refractivity contribution in [3.05, 3.63) is 29.6 Å². The normalized spacial score (nSPS) is 24.3. The largest absolute Gasteiger partial charge is 0.380 e. The van der Waals surface area contributed by atoms with Crippen molar-refractivity contribution in [1.82, 2.24) is 0 Å². The van der Waals surface area contributed by atoms with Crippen LogP contribution >= 0.6 is 0 Å². The molecular weight excluding hydrogens is 237 g/mol. The molecule has 106 valence electrons. The first kappa shape index (κ1) is 14.4. The molecule has 0 amide bonds. The van der Waals surface area contributed by atoms with Crippen LogP contribution in [-0.2, 0) is 0 Å². The summed E-state index contributed by atoms with van der Waals surface area (Å²) >= 11 is 0. The first-order valence-electron chi connectivity index (χ1n) is 7.39. The third-order valence-electron chi connectivity index (χ3n) is 4.43. The quantitative estimate of drug-likeness (QED) is 0.778. The topological polar surface area (TPSA) is 12.0 Å². The van der Waals surface area contributed by atoms with Gasteiger partial charge in [0.25, 0.3) is 0 Å². The summed E-state index contributed by atoms with van der Waals surface area (Å²) in [7, 11) is 0. The Morgan fingerprint density at radius 3 is 2.32 bits per heavy atom. The van der Waals surface area contributed by atoms with Crippen molar-refractivity contribution in [2.24, 2.45) is 11.3 Å². The van der Waals surface area contributed by atoms with E-state index in [0.29, 0.717) is 17.1 Å². The fourth-order valence-corrected chi connectivity index (χ4v) is 3.07. The summed E-state index contributed by atoms with van der Waals surface area (Å²) in [5.74, 6) is 0.663. The van der Waals surface area contributed by atoms with E-state index >= 15 is 0 Å². The molecule has 0 bridgehead atoms. The molecule has 2 rings (SSSR count). The van der Waals surface area contributed by atoms with Crippen molar-refractivity contribution in [3.63, 3.8) is 0 Å². The van der Waals surface area contributed by atoms with Gasteiger partial charge in [-0.2, -0.15) is 0 Å². The molecule has 1 saturated carbocycles. The number of hydrogen-bond donors (Lipinski definition) is 1. The summed E-state index contributed by atoms with van der Waals surface area (Å²) in [6, 6.07) is 5.70. The lowest BCUT2D eigenvalue weighted by Crippen LogP contribution is -2.31. The number of hydrogen-bond acceptors (Lipinski definition) is 1. The van der Waals surface area contributed by atoms with E-state index in [0.717, 1.165) is 24.3 Å². The Morgan fingerprint density at radius 1 is 1.11 bits per heavy atom. The van der Waals surface area contributed by atoms with Crippen LogP contribution in [0.25, 0.3) is 0 Å². The Hall–Kier alpha value is -1.05. The van der Waals surface area contributed by atoms with E-state index in [4.69, 9.17) is 0 Å². The Morgan fingerprint density at radius 2 is 1.74 bits per heavy atom.